The first-order valence-corrected chi connectivity index (χ1v) is 7.71. The second-order valence-corrected chi connectivity index (χ2v) is 5.68. The minimum absolute atomic E-state index is 0.329. The number of nitrogens with one attached hydrogen (secondary N) is 2. The Kier molecular flexibility index (Phi) is 6.19. The summed E-state index contributed by atoms with van der Waals surface area (Å²) < 4.78 is 27.0. The van der Waals surface area contributed by atoms with Crippen LogP contribution < -0.4 is 16.4 Å². The average Bonchev–Trinajstić information content (AvgIpc) is 2.53. The van der Waals surface area contributed by atoms with Crippen molar-refractivity contribution in [3.63, 3.8) is 0 Å². The molecule has 0 aromatic heterocycles. The lowest BCUT2D eigenvalue weighted by Gasteiger charge is -2.23. The van der Waals surface area contributed by atoms with E-state index in [2.05, 4.69) is 5.32 Å². The summed E-state index contributed by atoms with van der Waals surface area (Å²) in [6, 6.07) is 9.76. The molecule has 2 rings (SSSR count). The number of hydrogen-bond acceptors (Lipinski definition) is 3. The van der Waals surface area contributed by atoms with Crippen LogP contribution in [0.1, 0.15) is 24.1 Å². The highest BCUT2D eigenvalue weighted by Crippen LogP contribution is 2.20. The zero-order chi connectivity index (χ0) is 18.4. The van der Waals surface area contributed by atoms with Crippen LogP contribution in [0.3, 0.4) is 0 Å². The van der Waals surface area contributed by atoms with Crippen molar-refractivity contribution < 1.29 is 18.4 Å². The van der Waals surface area contributed by atoms with E-state index < -0.39 is 29.8 Å². The maximum absolute atomic E-state index is 13.6. The molecule has 0 heterocycles. The molecule has 25 heavy (non-hydrogen) atoms. The Labute approximate surface area is 144 Å². The van der Waals surface area contributed by atoms with Gasteiger partial charge in [0, 0.05) is 6.04 Å². The summed E-state index contributed by atoms with van der Waals surface area (Å²) >= 11 is 0. The minimum Gasteiger partial charge on any atom is -0.351 e. The molecule has 2 aromatic rings. The number of primary amides is 1. The predicted molar refractivity (Wildman–Crippen MR) is 89.6 cm³/mol. The van der Waals surface area contributed by atoms with Gasteiger partial charge in [-0.3, -0.25) is 15.4 Å². The number of imide groups is 1. The number of hydrogen-bond donors (Lipinski definition) is 3. The van der Waals surface area contributed by atoms with E-state index in [0.29, 0.717) is 17.5 Å². The van der Waals surface area contributed by atoms with Gasteiger partial charge in [-0.15, -0.1) is 0 Å². The lowest BCUT2D eigenvalue weighted by Crippen LogP contribution is -2.47. The summed E-state index contributed by atoms with van der Waals surface area (Å²) in [5.74, 6) is -1.40. The largest absolute Gasteiger partial charge is 0.351 e. The Balaban J connectivity index is 2.22. The number of rotatable bonds is 6. The summed E-state index contributed by atoms with van der Waals surface area (Å²) in [6.07, 6.45) is 0.329. The van der Waals surface area contributed by atoms with Crippen LogP contribution >= 0.6 is 0 Å². The van der Waals surface area contributed by atoms with Gasteiger partial charge in [0.15, 0.2) is 0 Å². The molecule has 0 fully saturated rings. The third-order valence-electron chi connectivity index (χ3n) is 3.67. The predicted octanol–water partition coefficient (Wildman–Crippen LogP) is 2.42. The fourth-order valence-corrected chi connectivity index (χ4v) is 2.50. The molecule has 0 spiro atoms. The molecule has 2 unspecified atom stereocenters. The van der Waals surface area contributed by atoms with Crippen LogP contribution in [0, 0.1) is 11.6 Å². The number of carbonyl (C=O) groups excluding carboxylic acids is 2. The molecule has 2 aromatic carbocycles. The Bertz CT molecular complexity index is 767. The fraction of sp³-hybridized carbons (Fsp3) is 0.222. The fourth-order valence-electron chi connectivity index (χ4n) is 2.50. The highest BCUT2D eigenvalue weighted by atomic mass is 19.1. The van der Waals surface area contributed by atoms with Crippen molar-refractivity contribution in [2.24, 2.45) is 5.73 Å². The summed E-state index contributed by atoms with van der Waals surface area (Å²) in [5, 5.41) is 5.01. The molecule has 0 bridgehead atoms. The van der Waals surface area contributed by atoms with Gasteiger partial charge in [0.2, 0.25) is 5.91 Å². The first-order valence-electron chi connectivity index (χ1n) is 7.71. The van der Waals surface area contributed by atoms with Crippen molar-refractivity contribution in [1.82, 2.24) is 10.6 Å². The van der Waals surface area contributed by atoms with Gasteiger partial charge >= 0.3 is 6.03 Å². The van der Waals surface area contributed by atoms with Gasteiger partial charge < -0.3 is 5.73 Å². The zero-order valence-corrected chi connectivity index (χ0v) is 13.6. The highest BCUT2D eigenvalue weighted by molar-refractivity contribution is 5.96. The van der Waals surface area contributed by atoms with E-state index in [1.807, 2.05) is 5.32 Å². The Morgan fingerprint density at radius 2 is 1.72 bits per heavy atom. The topological polar surface area (TPSA) is 84.2 Å². The monoisotopic (exact) mass is 347 g/mol. The summed E-state index contributed by atoms with van der Waals surface area (Å²) in [5.41, 5.74) is 6.23. The first kappa shape index (κ1) is 18.5. The third kappa shape index (κ3) is 5.65. The Morgan fingerprint density at radius 3 is 2.32 bits per heavy atom. The number of benzene rings is 2. The van der Waals surface area contributed by atoms with E-state index in [0.717, 1.165) is 0 Å². The molecular weight excluding hydrogens is 328 g/mol. The smallest absolute Gasteiger partial charge is 0.318 e. The summed E-state index contributed by atoms with van der Waals surface area (Å²) in [7, 11) is 0. The molecule has 3 amide bonds. The van der Waals surface area contributed by atoms with Gasteiger partial charge in [-0.1, -0.05) is 24.3 Å². The van der Waals surface area contributed by atoms with E-state index in [4.69, 9.17) is 5.73 Å². The minimum atomic E-state index is -0.953. The van der Waals surface area contributed by atoms with Crippen molar-refractivity contribution in [3.05, 3.63) is 71.3 Å². The number of halogens is 2. The maximum atomic E-state index is 13.6. The van der Waals surface area contributed by atoms with E-state index in [-0.39, 0.29) is 5.82 Å². The molecular formula is C18H19F2N3O2. The normalized spacial score (nSPS) is 13.1. The van der Waals surface area contributed by atoms with Gasteiger partial charge in [-0.05, 0) is 48.7 Å². The summed E-state index contributed by atoms with van der Waals surface area (Å²) in [4.78, 5) is 22.7. The average molecular weight is 347 g/mol. The molecule has 0 aliphatic rings. The highest BCUT2D eigenvalue weighted by Gasteiger charge is 2.21. The van der Waals surface area contributed by atoms with Crippen LogP contribution in [0.2, 0.25) is 0 Å². The summed E-state index contributed by atoms with van der Waals surface area (Å²) in [6.45, 7) is 1.55. The number of nitrogens with two attached hydrogens (primary N) is 1. The van der Waals surface area contributed by atoms with Crippen LogP contribution in [-0.2, 0) is 11.2 Å². The van der Waals surface area contributed by atoms with Gasteiger partial charge in [-0.25, -0.2) is 13.6 Å². The molecule has 0 radical (unpaired) electrons. The van der Waals surface area contributed by atoms with Crippen molar-refractivity contribution in [3.8, 4) is 0 Å². The number of urea groups is 1. The first-order chi connectivity index (χ1) is 11.8. The molecule has 2 atom stereocenters. The van der Waals surface area contributed by atoms with Gasteiger partial charge in [0.1, 0.15) is 11.6 Å². The maximum Gasteiger partial charge on any atom is 0.318 e. The second kappa shape index (κ2) is 8.34. The molecule has 0 saturated heterocycles. The second-order valence-electron chi connectivity index (χ2n) is 5.68. The molecule has 4 N–H and O–H groups in total. The van der Waals surface area contributed by atoms with Crippen LogP contribution in [0.4, 0.5) is 13.6 Å². The van der Waals surface area contributed by atoms with Gasteiger partial charge in [0.05, 0.1) is 6.04 Å². The van der Waals surface area contributed by atoms with E-state index in [1.54, 1.807) is 31.2 Å². The lowest BCUT2D eigenvalue weighted by atomic mass is 9.97. The van der Waals surface area contributed by atoms with Crippen LogP contribution in [0.15, 0.2) is 48.5 Å². The Hall–Kier alpha value is -2.80. The van der Waals surface area contributed by atoms with Gasteiger partial charge in [0.25, 0.3) is 0 Å². The number of carbonyl (C=O) groups is 2. The van der Waals surface area contributed by atoms with Crippen molar-refractivity contribution in [1.29, 1.82) is 0 Å². The van der Waals surface area contributed by atoms with Crippen molar-refractivity contribution >= 4 is 11.9 Å². The van der Waals surface area contributed by atoms with Crippen molar-refractivity contribution in [2.45, 2.75) is 25.4 Å². The molecule has 132 valence electrons. The molecule has 0 saturated carbocycles. The standard InChI is InChI=1S/C18H19F2N3O2/c1-11(17(24)23-18(21)25)22-16(13-5-3-7-15(20)10-13)9-12-4-2-6-14(19)8-12/h2-8,10-11,16,22H,9H2,1H3,(H3,21,23,24,25). The molecule has 7 heteroatoms. The lowest BCUT2D eigenvalue weighted by molar-refractivity contribution is -0.121. The van der Waals surface area contributed by atoms with Gasteiger partial charge in [-0.2, -0.15) is 0 Å². The van der Waals surface area contributed by atoms with E-state index in [1.165, 1.54) is 24.3 Å². The van der Waals surface area contributed by atoms with Crippen molar-refractivity contribution in [2.75, 3.05) is 0 Å². The Morgan fingerprint density at radius 1 is 1.08 bits per heavy atom. The molecule has 5 nitrogen and oxygen atoms in total. The van der Waals surface area contributed by atoms with Crippen LogP contribution in [0.25, 0.3) is 0 Å². The van der Waals surface area contributed by atoms with Crippen LogP contribution in [0.5, 0.6) is 0 Å². The quantitative estimate of drug-likeness (QED) is 0.750. The molecule has 0 aliphatic heterocycles. The zero-order valence-electron chi connectivity index (χ0n) is 13.6. The van der Waals surface area contributed by atoms with E-state index in [9.17, 15) is 18.4 Å². The SMILES string of the molecule is CC(NC(Cc1cccc(F)c1)c1cccc(F)c1)C(=O)NC(N)=O. The van der Waals surface area contributed by atoms with E-state index >= 15 is 0 Å². The number of amides is 3. The van der Waals surface area contributed by atoms with Crippen LogP contribution in [-0.4, -0.2) is 18.0 Å². The third-order valence-corrected chi connectivity index (χ3v) is 3.67. The molecule has 0 aliphatic carbocycles.